The van der Waals surface area contributed by atoms with Gasteiger partial charge in [-0.3, -0.25) is 9.59 Å². The second-order valence-corrected chi connectivity index (χ2v) is 8.39. The van der Waals surface area contributed by atoms with Gasteiger partial charge in [0.05, 0.1) is 17.4 Å². The summed E-state index contributed by atoms with van der Waals surface area (Å²) in [6.07, 6.45) is 5.75. The molecule has 1 atom stereocenters. The van der Waals surface area contributed by atoms with E-state index in [1.165, 1.54) is 11.3 Å². The van der Waals surface area contributed by atoms with Gasteiger partial charge in [-0.2, -0.15) is 5.26 Å². The standard InChI is InChI=1S/C17H20N6O2S2/c18-8-10-13(19)23-15(27-9-11(24)22-16-21-6-7-26-16)12(14(20)25)17(10)4-2-1-3-5-17/h6-7,10H,1-5,9H2,(H2,19,23)(H2,20,25)(H,21,22,24)/t10-/m0/s1. The first-order valence-electron chi connectivity index (χ1n) is 8.58. The van der Waals surface area contributed by atoms with Crippen LogP contribution in [-0.2, 0) is 9.59 Å². The highest BCUT2D eigenvalue weighted by molar-refractivity contribution is 8.03. The summed E-state index contributed by atoms with van der Waals surface area (Å²) in [6, 6.07) is 2.22. The third kappa shape index (κ3) is 3.84. The van der Waals surface area contributed by atoms with Crippen molar-refractivity contribution < 1.29 is 9.59 Å². The molecule has 1 aromatic rings. The van der Waals surface area contributed by atoms with Crippen molar-refractivity contribution in [3.05, 3.63) is 22.2 Å². The predicted octanol–water partition coefficient (Wildman–Crippen LogP) is 1.97. The maximum atomic E-state index is 12.3. The van der Waals surface area contributed by atoms with Crippen molar-refractivity contribution in [1.82, 2.24) is 4.98 Å². The smallest absolute Gasteiger partial charge is 0.247 e. The fourth-order valence-electron chi connectivity index (χ4n) is 3.82. The molecule has 2 amide bonds. The quantitative estimate of drug-likeness (QED) is 0.683. The largest absolute Gasteiger partial charge is 0.386 e. The Morgan fingerprint density at radius 3 is 2.74 bits per heavy atom. The van der Waals surface area contributed by atoms with Gasteiger partial charge in [0.2, 0.25) is 11.8 Å². The molecule has 1 aliphatic heterocycles. The Labute approximate surface area is 165 Å². The number of nitrogens with two attached hydrogens (primary N) is 2. The van der Waals surface area contributed by atoms with Crippen molar-refractivity contribution in [3.63, 3.8) is 0 Å². The van der Waals surface area contributed by atoms with Crippen LogP contribution in [0.5, 0.6) is 0 Å². The Hall–Kier alpha value is -2.38. The van der Waals surface area contributed by atoms with Crippen molar-refractivity contribution in [2.24, 2.45) is 27.8 Å². The number of anilines is 1. The van der Waals surface area contributed by atoms with Crippen LogP contribution in [0.25, 0.3) is 0 Å². The minimum atomic E-state index is -0.710. The Morgan fingerprint density at radius 1 is 1.41 bits per heavy atom. The molecule has 142 valence electrons. The lowest BCUT2D eigenvalue weighted by molar-refractivity contribution is -0.116. The maximum absolute atomic E-state index is 12.3. The number of nitrogens with one attached hydrogen (secondary N) is 1. The van der Waals surface area contributed by atoms with E-state index in [9.17, 15) is 14.9 Å². The molecule has 1 aliphatic carbocycles. The molecule has 0 saturated heterocycles. The predicted molar refractivity (Wildman–Crippen MR) is 106 cm³/mol. The van der Waals surface area contributed by atoms with Crippen LogP contribution in [0.4, 0.5) is 5.13 Å². The average molecular weight is 405 g/mol. The van der Waals surface area contributed by atoms with Gasteiger partial charge in [0.1, 0.15) is 16.8 Å². The molecule has 1 saturated carbocycles. The zero-order valence-electron chi connectivity index (χ0n) is 14.6. The van der Waals surface area contributed by atoms with Gasteiger partial charge in [-0.05, 0) is 12.8 Å². The molecular formula is C17H20N6O2S2. The van der Waals surface area contributed by atoms with Gasteiger partial charge < -0.3 is 16.8 Å². The molecule has 3 rings (SSSR count). The van der Waals surface area contributed by atoms with E-state index in [-0.39, 0.29) is 17.5 Å². The number of carbonyl (C=O) groups is 2. The molecule has 0 aromatic carbocycles. The van der Waals surface area contributed by atoms with Crippen LogP contribution in [0.2, 0.25) is 0 Å². The molecule has 8 nitrogen and oxygen atoms in total. The molecule has 2 aliphatic rings. The Kier molecular flexibility index (Phi) is 5.82. The number of amides is 2. The Balaban J connectivity index is 1.88. The molecule has 10 heteroatoms. The van der Waals surface area contributed by atoms with Crippen LogP contribution in [0.3, 0.4) is 0 Å². The lowest BCUT2D eigenvalue weighted by atomic mass is 9.60. The normalized spacial score (nSPS) is 21.4. The number of carbonyl (C=O) groups excluding carboxylic acids is 2. The Morgan fingerprint density at radius 2 is 2.15 bits per heavy atom. The molecule has 5 N–H and O–H groups in total. The van der Waals surface area contributed by atoms with Crippen LogP contribution in [-0.4, -0.2) is 28.4 Å². The number of thioether (sulfide) groups is 1. The summed E-state index contributed by atoms with van der Waals surface area (Å²) in [7, 11) is 0. The van der Waals surface area contributed by atoms with E-state index in [0.29, 0.717) is 28.6 Å². The van der Waals surface area contributed by atoms with Gasteiger partial charge in [-0.15, -0.1) is 11.3 Å². The highest BCUT2D eigenvalue weighted by atomic mass is 32.2. The van der Waals surface area contributed by atoms with E-state index in [0.717, 1.165) is 31.0 Å². The first kappa shape index (κ1) is 19.4. The Bertz CT molecular complexity index is 834. The molecule has 0 bridgehead atoms. The van der Waals surface area contributed by atoms with E-state index < -0.39 is 17.2 Å². The van der Waals surface area contributed by atoms with E-state index in [2.05, 4.69) is 21.4 Å². The maximum Gasteiger partial charge on any atom is 0.247 e. The van der Waals surface area contributed by atoms with Gasteiger partial charge >= 0.3 is 0 Å². The SMILES string of the molecule is N#C[C@H]1C(N)=NC(SCC(=O)Nc2nccs2)=C(C(N)=O)C12CCCCC2. The summed E-state index contributed by atoms with van der Waals surface area (Å²) < 4.78 is 0. The molecule has 2 heterocycles. The lowest BCUT2D eigenvalue weighted by Crippen LogP contribution is -2.47. The number of aromatic nitrogens is 1. The summed E-state index contributed by atoms with van der Waals surface area (Å²) >= 11 is 2.43. The number of primary amides is 1. The van der Waals surface area contributed by atoms with E-state index in [4.69, 9.17) is 11.5 Å². The van der Waals surface area contributed by atoms with Crippen molar-refractivity contribution in [2.45, 2.75) is 32.1 Å². The van der Waals surface area contributed by atoms with E-state index in [1.54, 1.807) is 11.6 Å². The molecule has 27 heavy (non-hydrogen) atoms. The zero-order valence-corrected chi connectivity index (χ0v) is 16.2. The summed E-state index contributed by atoms with van der Waals surface area (Å²) in [5.41, 5.74) is 11.4. The molecule has 1 spiro atoms. The number of hydrogen-bond donors (Lipinski definition) is 3. The van der Waals surface area contributed by atoms with E-state index >= 15 is 0 Å². The first-order chi connectivity index (χ1) is 13.0. The molecule has 1 fully saturated rings. The van der Waals surface area contributed by atoms with Gasteiger partial charge in [0.25, 0.3) is 0 Å². The highest BCUT2D eigenvalue weighted by Crippen LogP contribution is 2.52. The average Bonchev–Trinajstić information content (AvgIpc) is 3.13. The minimum Gasteiger partial charge on any atom is -0.386 e. The molecule has 0 unspecified atom stereocenters. The number of rotatable bonds is 5. The summed E-state index contributed by atoms with van der Waals surface area (Å²) in [6.45, 7) is 0. The van der Waals surface area contributed by atoms with Gasteiger partial charge in [-0.25, -0.2) is 9.98 Å². The van der Waals surface area contributed by atoms with Crippen LogP contribution >= 0.6 is 23.1 Å². The minimum absolute atomic E-state index is 0.0375. The fourth-order valence-corrected chi connectivity index (χ4v) is 5.32. The van der Waals surface area contributed by atoms with Crippen LogP contribution < -0.4 is 16.8 Å². The fraction of sp³-hybridized carbons (Fsp3) is 0.471. The van der Waals surface area contributed by atoms with Gasteiger partial charge in [-0.1, -0.05) is 31.0 Å². The van der Waals surface area contributed by atoms with Crippen molar-refractivity contribution >= 4 is 45.9 Å². The second-order valence-electron chi connectivity index (χ2n) is 6.53. The zero-order chi connectivity index (χ0) is 19.4. The summed E-state index contributed by atoms with van der Waals surface area (Å²) in [5.74, 6) is -1.31. The summed E-state index contributed by atoms with van der Waals surface area (Å²) in [4.78, 5) is 32.8. The first-order valence-corrected chi connectivity index (χ1v) is 10.4. The van der Waals surface area contributed by atoms with Crippen molar-refractivity contribution in [2.75, 3.05) is 11.1 Å². The van der Waals surface area contributed by atoms with Crippen molar-refractivity contribution in [3.8, 4) is 6.07 Å². The number of hydrogen-bond acceptors (Lipinski definition) is 8. The number of thiazole rings is 1. The van der Waals surface area contributed by atoms with Crippen molar-refractivity contribution in [1.29, 1.82) is 5.26 Å². The molecular weight excluding hydrogens is 384 g/mol. The van der Waals surface area contributed by atoms with Gasteiger partial charge in [0.15, 0.2) is 5.13 Å². The number of nitrogens with zero attached hydrogens (tertiary/aromatic N) is 3. The third-order valence-electron chi connectivity index (χ3n) is 4.93. The van der Waals surface area contributed by atoms with Crippen LogP contribution in [0, 0.1) is 22.7 Å². The molecule has 0 radical (unpaired) electrons. The number of nitriles is 1. The summed E-state index contributed by atoms with van der Waals surface area (Å²) in [5, 5.41) is 15.0. The third-order valence-corrected chi connectivity index (χ3v) is 6.59. The van der Waals surface area contributed by atoms with Gasteiger partial charge in [0, 0.05) is 17.0 Å². The topological polar surface area (TPSA) is 147 Å². The van der Waals surface area contributed by atoms with Crippen LogP contribution in [0.15, 0.2) is 27.2 Å². The van der Waals surface area contributed by atoms with Crippen LogP contribution in [0.1, 0.15) is 32.1 Å². The number of amidine groups is 1. The molecule has 1 aromatic heterocycles. The lowest BCUT2D eigenvalue weighted by Gasteiger charge is -2.43. The monoisotopic (exact) mass is 404 g/mol. The van der Waals surface area contributed by atoms with E-state index in [1.807, 2.05) is 0 Å². The number of aliphatic imine (C=N–C) groups is 1. The highest BCUT2D eigenvalue weighted by Gasteiger charge is 2.50. The second kappa shape index (κ2) is 8.10.